The van der Waals surface area contributed by atoms with Crippen LogP contribution < -0.4 is 15.8 Å². The molecule has 110 valence electrons. The van der Waals surface area contributed by atoms with Gasteiger partial charge in [0.25, 0.3) is 0 Å². The molecule has 2 aromatic rings. The molecule has 1 aliphatic rings. The van der Waals surface area contributed by atoms with Crippen LogP contribution in [0.2, 0.25) is 0 Å². The molecule has 0 amide bonds. The van der Waals surface area contributed by atoms with Crippen LogP contribution in [0.4, 0.5) is 11.4 Å². The van der Waals surface area contributed by atoms with E-state index in [1.54, 1.807) is 12.1 Å². The summed E-state index contributed by atoms with van der Waals surface area (Å²) in [6, 6.07) is 12.6. The molecule has 1 heterocycles. The second-order valence-corrected chi connectivity index (χ2v) is 6.76. The van der Waals surface area contributed by atoms with Crippen molar-refractivity contribution in [3.05, 3.63) is 53.6 Å². The molecule has 1 aliphatic heterocycles. The third kappa shape index (κ3) is 2.72. The van der Waals surface area contributed by atoms with Crippen molar-refractivity contribution in [2.24, 2.45) is 5.14 Å². The summed E-state index contributed by atoms with van der Waals surface area (Å²) >= 11 is 0. The van der Waals surface area contributed by atoms with Gasteiger partial charge in [-0.25, -0.2) is 13.6 Å². The number of nitrogen functional groups attached to an aromatic ring is 1. The van der Waals surface area contributed by atoms with Crippen molar-refractivity contribution in [3.8, 4) is 0 Å². The van der Waals surface area contributed by atoms with Gasteiger partial charge in [0.2, 0.25) is 10.0 Å². The number of benzene rings is 2. The lowest BCUT2D eigenvalue weighted by Gasteiger charge is -2.31. The number of anilines is 2. The van der Waals surface area contributed by atoms with Gasteiger partial charge in [0.15, 0.2) is 0 Å². The molecule has 3 rings (SSSR count). The first-order valence-corrected chi connectivity index (χ1v) is 8.24. The molecule has 0 unspecified atom stereocenters. The maximum absolute atomic E-state index is 11.3. The van der Waals surface area contributed by atoms with Gasteiger partial charge in [-0.15, -0.1) is 0 Å². The summed E-state index contributed by atoms with van der Waals surface area (Å²) < 4.78 is 22.6. The zero-order chi connectivity index (χ0) is 15.0. The van der Waals surface area contributed by atoms with Crippen molar-refractivity contribution in [1.29, 1.82) is 0 Å². The monoisotopic (exact) mass is 303 g/mol. The highest BCUT2D eigenvalue weighted by molar-refractivity contribution is 7.89. The van der Waals surface area contributed by atoms with Gasteiger partial charge in [-0.1, -0.05) is 12.1 Å². The first-order valence-electron chi connectivity index (χ1n) is 6.69. The number of primary sulfonamides is 1. The largest absolute Gasteiger partial charge is 0.398 e. The second-order valence-electron chi connectivity index (χ2n) is 5.20. The van der Waals surface area contributed by atoms with Crippen LogP contribution in [0.3, 0.4) is 0 Å². The second kappa shape index (κ2) is 5.05. The van der Waals surface area contributed by atoms with Crippen molar-refractivity contribution in [3.63, 3.8) is 0 Å². The van der Waals surface area contributed by atoms with Gasteiger partial charge < -0.3 is 10.6 Å². The van der Waals surface area contributed by atoms with Gasteiger partial charge in [-0.3, -0.25) is 0 Å². The van der Waals surface area contributed by atoms with Crippen LogP contribution in [0.1, 0.15) is 11.1 Å². The smallest absolute Gasteiger partial charge is 0.238 e. The number of nitrogens with two attached hydrogens (primary N) is 2. The fourth-order valence-electron chi connectivity index (χ4n) is 2.67. The molecule has 0 fully saturated rings. The summed E-state index contributed by atoms with van der Waals surface area (Å²) in [5, 5.41) is 5.11. The first-order chi connectivity index (χ1) is 9.95. The Labute approximate surface area is 124 Å². The summed E-state index contributed by atoms with van der Waals surface area (Å²) in [5.41, 5.74) is 10.2. The number of sulfonamides is 1. The van der Waals surface area contributed by atoms with E-state index in [1.165, 1.54) is 17.7 Å². The highest BCUT2D eigenvalue weighted by Gasteiger charge is 2.18. The SMILES string of the molecule is Nc1cccc2c1CN(c1ccc(S(N)(=O)=O)cc1)CC2. The Morgan fingerprint density at radius 1 is 1.05 bits per heavy atom. The van der Waals surface area contributed by atoms with E-state index in [1.807, 2.05) is 12.1 Å². The Kier molecular flexibility index (Phi) is 3.35. The van der Waals surface area contributed by atoms with Crippen molar-refractivity contribution < 1.29 is 8.42 Å². The van der Waals surface area contributed by atoms with Crippen LogP contribution in [0.15, 0.2) is 47.4 Å². The Hall–Kier alpha value is -2.05. The van der Waals surface area contributed by atoms with Crippen LogP contribution in [0, 0.1) is 0 Å². The number of hydrogen-bond acceptors (Lipinski definition) is 4. The zero-order valence-electron chi connectivity index (χ0n) is 11.5. The molecular formula is C15H17N3O2S. The molecule has 0 atom stereocenters. The molecule has 0 saturated heterocycles. The molecule has 0 radical (unpaired) electrons. The van der Waals surface area contributed by atoms with E-state index in [9.17, 15) is 8.42 Å². The lowest BCUT2D eigenvalue weighted by Crippen LogP contribution is -2.31. The van der Waals surface area contributed by atoms with Crippen molar-refractivity contribution in [2.45, 2.75) is 17.9 Å². The van der Waals surface area contributed by atoms with E-state index >= 15 is 0 Å². The minimum absolute atomic E-state index is 0.128. The van der Waals surface area contributed by atoms with E-state index in [4.69, 9.17) is 10.9 Å². The topological polar surface area (TPSA) is 89.4 Å². The molecule has 4 N–H and O–H groups in total. The molecular weight excluding hydrogens is 286 g/mol. The van der Waals surface area contributed by atoms with Crippen LogP contribution in [0.25, 0.3) is 0 Å². The standard InChI is InChI=1S/C15H17N3O2S/c16-15-3-1-2-11-8-9-18(10-14(11)15)12-4-6-13(7-5-12)21(17,19)20/h1-7H,8-10,16H2,(H2,17,19,20). The minimum Gasteiger partial charge on any atom is -0.398 e. The Morgan fingerprint density at radius 2 is 1.76 bits per heavy atom. The number of nitrogens with zero attached hydrogens (tertiary/aromatic N) is 1. The van der Waals surface area contributed by atoms with Crippen molar-refractivity contribution >= 4 is 21.4 Å². The quantitative estimate of drug-likeness (QED) is 0.822. The van der Waals surface area contributed by atoms with Gasteiger partial charge in [0, 0.05) is 24.5 Å². The first kappa shape index (κ1) is 13.9. The van der Waals surface area contributed by atoms with Crippen LogP contribution >= 0.6 is 0 Å². The van der Waals surface area contributed by atoms with E-state index < -0.39 is 10.0 Å². The van der Waals surface area contributed by atoms with Crippen LogP contribution in [-0.2, 0) is 23.0 Å². The van der Waals surface area contributed by atoms with E-state index in [-0.39, 0.29) is 4.90 Å². The van der Waals surface area contributed by atoms with E-state index in [0.29, 0.717) is 0 Å². The van der Waals surface area contributed by atoms with Crippen LogP contribution in [-0.4, -0.2) is 15.0 Å². The fourth-order valence-corrected chi connectivity index (χ4v) is 3.19. The molecule has 21 heavy (non-hydrogen) atoms. The molecule has 0 saturated carbocycles. The highest BCUT2D eigenvalue weighted by atomic mass is 32.2. The fraction of sp³-hybridized carbons (Fsp3) is 0.200. The molecule has 5 nitrogen and oxygen atoms in total. The highest BCUT2D eigenvalue weighted by Crippen LogP contribution is 2.28. The Morgan fingerprint density at radius 3 is 2.43 bits per heavy atom. The van der Waals surface area contributed by atoms with Crippen molar-refractivity contribution in [1.82, 2.24) is 0 Å². The predicted octanol–water partition coefficient (Wildman–Crippen LogP) is 1.48. The Balaban J connectivity index is 1.88. The molecule has 0 aromatic heterocycles. The molecule has 6 heteroatoms. The third-order valence-electron chi connectivity index (χ3n) is 3.84. The summed E-state index contributed by atoms with van der Waals surface area (Å²) in [4.78, 5) is 2.31. The van der Waals surface area contributed by atoms with Gasteiger partial charge in [-0.05, 0) is 47.9 Å². The molecule has 0 bridgehead atoms. The number of fused-ring (bicyclic) bond motifs is 1. The molecule has 2 aromatic carbocycles. The summed E-state index contributed by atoms with van der Waals surface area (Å²) in [5.74, 6) is 0. The van der Waals surface area contributed by atoms with Gasteiger partial charge in [0.1, 0.15) is 0 Å². The number of hydrogen-bond donors (Lipinski definition) is 2. The van der Waals surface area contributed by atoms with Gasteiger partial charge in [0.05, 0.1) is 4.90 Å². The lowest BCUT2D eigenvalue weighted by atomic mass is 9.98. The zero-order valence-corrected chi connectivity index (χ0v) is 12.3. The maximum atomic E-state index is 11.3. The number of rotatable bonds is 2. The average Bonchev–Trinajstić information content (AvgIpc) is 2.47. The van der Waals surface area contributed by atoms with E-state index in [2.05, 4.69) is 11.0 Å². The summed E-state index contributed by atoms with van der Waals surface area (Å²) in [7, 11) is -3.64. The third-order valence-corrected chi connectivity index (χ3v) is 4.77. The van der Waals surface area contributed by atoms with Crippen LogP contribution in [0.5, 0.6) is 0 Å². The van der Waals surface area contributed by atoms with Gasteiger partial charge >= 0.3 is 0 Å². The maximum Gasteiger partial charge on any atom is 0.238 e. The molecule has 0 spiro atoms. The van der Waals surface area contributed by atoms with Crippen molar-refractivity contribution in [2.75, 3.05) is 17.2 Å². The average molecular weight is 303 g/mol. The Bertz CT molecular complexity index is 770. The normalized spacial score (nSPS) is 14.8. The summed E-state index contributed by atoms with van der Waals surface area (Å²) in [6.07, 6.45) is 0.928. The lowest BCUT2D eigenvalue weighted by molar-refractivity contribution is 0.598. The predicted molar refractivity (Wildman–Crippen MR) is 83.4 cm³/mol. The minimum atomic E-state index is -3.64. The molecule has 0 aliphatic carbocycles. The summed E-state index contributed by atoms with van der Waals surface area (Å²) in [6.45, 7) is 1.61. The van der Waals surface area contributed by atoms with Gasteiger partial charge in [-0.2, -0.15) is 0 Å². The van der Waals surface area contributed by atoms with E-state index in [0.717, 1.165) is 36.4 Å².